The number of carbonyl (C=O) groups is 2. The van der Waals surface area contributed by atoms with Crippen LogP contribution in [0.4, 0.5) is 4.39 Å². The first-order chi connectivity index (χ1) is 14.9. The Morgan fingerprint density at radius 2 is 1.77 bits per heavy atom. The molecule has 0 unspecified atom stereocenters. The van der Waals surface area contributed by atoms with Crippen LogP contribution in [0.3, 0.4) is 0 Å². The highest BCUT2D eigenvalue weighted by Gasteiger charge is 2.27. The Kier molecular flexibility index (Phi) is 7.91. The van der Waals surface area contributed by atoms with Crippen molar-refractivity contribution >= 4 is 23.4 Å². The van der Waals surface area contributed by atoms with Crippen LogP contribution in [-0.2, 0) is 4.79 Å². The maximum Gasteiger partial charge on any atom is 0.258 e. The molecular formula is C24H28ClFN2O3. The SMILES string of the molecule is Cc1cccc(C)c1OCCCC(=O)NC1CCN(C(=O)c2c(F)cccc2Cl)CC1. The minimum atomic E-state index is -0.615. The van der Waals surface area contributed by atoms with E-state index in [0.29, 0.717) is 45.4 Å². The van der Waals surface area contributed by atoms with Gasteiger partial charge in [-0.1, -0.05) is 35.9 Å². The van der Waals surface area contributed by atoms with Gasteiger partial charge in [0.05, 0.1) is 17.2 Å². The Morgan fingerprint density at radius 3 is 2.42 bits per heavy atom. The van der Waals surface area contributed by atoms with Crippen molar-refractivity contribution in [3.8, 4) is 5.75 Å². The quantitative estimate of drug-likeness (QED) is 0.628. The summed E-state index contributed by atoms with van der Waals surface area (Å²) < 4.78 is 19.8. The zero-order valence-electron chi connectivity index (χ0n) is 17.9. The van der Waals surface area contributed by atoms with Crippen molar-refractivity contribution in [2.75, 3.05) is 19.7 Å². The van der Waals surface area contributed by atoms with Gasteiger partial charge in [0, 0.05) is 25.6 Å². The van der Waals surface area contributed by atoms with Crippen molar-refractivity contribution in [3.63, 3.8) is 0 Å². The highest BCUT2D eigenvalue weighted by Crippen LogP contribution is 2.24. The van der Waals surface area contributed by atoms with Gasteiger partial charge < -0.3 is 15.0 Å². The predicted molar refractivity (Wildman–Crippen MR) is 119 cm³/mol. The second-order valence-corrected chi connectivity index (χ2v) is 8.31. The predicted octanol–water partition coefficient (Wildman–Crippen LogP) is 4.68. The number of halogens is 2. The number of hydrogen-bond acceptors (Lipinski definition) is 3. The molecule has 7 heteroatoms. The molecule has 1 fully saturated rings. The average Bonchev–Trinajstić information content (AvgIpc) is 2.73. The number of piperidine rings is 1. The Morgan fingerprint density at radius 1 is 1.13 bits per heavy atom. The number of rotatable bonds is 7. The van der Waals surface area contributed by atoms with Crippen LogP contribution in [0.5, 0.6) is 5.75 Å². The fourth-order valence-corrected chi connectivity index (χ4v) is 4.06. The number of para-hydroxylation sites is 1. The van der Waals surface area contributed by atoms with Crippen LogP contribution < -0.4 is 10.1 Å². The first-order valence-electron chi connectivity index (χ1n) is 10.6. The van der Waals surface area contributed by atoms with Gasteiger partial charge >= 0.3 is 0 Å². The Hall–Kier alpha value is -2.60. The second-order valence-electron chi connectivity index (χ2n) is 7.90. The molecule has 1 aliphatic heterocycles. The van der Waals surface area contributed by atoms with Crippen LogP contribution in [0.15, 0.2) is 36.4 Å². The van der Waals surface area contributed by atoms with E-state index in [-0.39, 0.29) is 22.5 Å². The molecule has 1 heterocycles. The van der Waals surface area contributed by atoms with Crippen LogP contribution in [0.25, 0.3) is 0 Å². The van der Waals surface area contributed by atoms with Gasteiger partial charge in [-0.3, -0.25) is 9.59 Å². The number of benzene rings is 2. The van der Waals surface area contributed by atoms with Gasteiger partial charge in [-0.15, -0.1) is 0 Å². The normalized spacial score (nSPS) is 14.4. The molecule has 2 amide bonds. The molecule has 31 heavy (non-hydrogen) atoms. The molecule has 0 aromatic heterocycles. The molecular weight excluding hydrogens is 419 g/mol. The molecule has 3 rings (SSSR count). The third kappa shape index (κ3) is 5.97. The topological polar surface area (TPSA) is 58.6 Å². The van der Waals surface area contributed by atoms with Crippen molar-refractivity contribution in [1.82, 2.24) is 10.2 Å². The summed E-state index contributed by atoms with van der Waals surface area (Å²) in [4.78, 5) is 26.5. The van der Waals surface area contributed by atoms with Gasteiger partial charge in [-0.05, 0) is 56.4 Å². The molecule has 0 aliphatic carbocycles. The lowest BCUT2D eigenvalue weighted by molar-refractivity contribution is -0.122. The van der Waals surface area contributed by atoms with Gasteiger partial charge in [0.1, 0.15) is 11.6 Å². The van der Waals surface area contributed by atoms with E-state index in [9.17, 15) is 14.0 Å². The van der Waals surface area contributed by atoms with Crippen LogP contribution >= 0.6 is 11.6 Å². The zero-order valence-corrected chi connectivity index (χ0v) is 18.7. The summed E-state index contributed by atoms with van der Waals surface area (Å²) >= 11 is 6.00. The first kappa shape index (κ1) is 23.1. The van der Waals surface area contributed by atoms with Gasteiger partial charge in [0.2, 0.25) is 5.91 Å². The monoisotopic (exact) mass is 446 g/mol. The summed E-state index contributed by atoms with van der Waals surface area (Å²) in [6.45, 7) is 5.39. The number of ether oxygens (including phenoxy) is 1. The van der Waals surface area contributed by atoms with Crippen molar-refractivity contribution in [1.29, 1.82) is 0 Å². The number of amides is 2. The second kappa shape index (κ2) is 10.6. The van der Waals surface area contributed by atoms with Crippen molar-refractivity contribution in [2.45, 2.75) is 45.6 Å². The standard InChI is InChI=1S/C24H28ClFN2O3/c1-16-6-3-7-17(2)23(16)31-15-5-10-21(29)27-18-11-13-28(14-12-18)24(30)22-19(25)8-4-9-20(22)26/h3-4,6-9,18H,5,10-15H2,1-2H3,(H,27,29). The number of aryl methyl sites for hydroxylation is 2. The molecule has 2 aromatic carbocycles. The van der Waals surface area contributed by atoms with Gasteiger partial charge in [-0.25, -0.2) is 4.39 Å². The largest absolute Gasteiger partial charge is 0.493 e. The third-order valence-corrected chi connectivity index (χ3v) is 5.84. The minimum absolute atomic E-state index is 0.00664. The Labute approximate surface area is 187 Å². The maximum atomic E-state index is 14.0. The lowest BCUT2D eigenvalue weighted by Crippen LogP contribution is -2.46. The summed E-state index contributed by atoms with van der Waals surface area (Å²) in [5.74, 6) is -0.158. The van der Waals surface area contributed by atoms with Crippen molar-refractivity contribution in [3.05, 3.63) is 63.9 Å². The van der Waals surface area contributed by atoms with Gasteiger partial charge in [-0.2, -0.15) is 0 Å². The molecule has 1 saturated heterocycles. The van der Waals surface area contributed by atoms with Crippen molar-refractivity contribution in [2.24, 2.45) is 0 Å². The number of likely N-dealkylation sites (tertiary alicyclic amines) is 1. The van der Waals surface area contributed by atoms with E-state index in [2.05, 4.69) is 5.32 Å². The first-order valence-corrected chi connectivity index (χ1v) is 11.0. The molecule has 0 radical (unpaired) electrons. The van der Waals surface area contributed by atoms with E-state index in [4.69, 9.17) is 16.3 Å². The fraction of sp³-hybridized carbons (Fsp3) is 0.417. The lowest BCUT2D eigenvalue weighted by atomic mass is 10.0. The molecule has 5 nitrogen and oxygen atoms in total. The van der Waals surface area contributed by atoms with E-state index in [1.54, 1.807) is 4.90 Å². The van der Waals surface area contributed by atoms with Gasteiger partial charge in [0.25, 0.3) is 5.91 Å². The van der Waals surface area contributed by atoms with E-state index in [1.807, 2.05) is 32.0 Å². The van der Waals surface area contributed by atoms with Crippen LogP contribution in [0.2, 0.25) is 5.02 Å². The summed E-state index contributed by atoms with van der Waals surface area (Å²) in [5.41, 5.74) is 2.08. The Balaban J connectivity index is 1.39. The molecule has 0 saturated carbocycles. The van der Waals surface area contributed by atoms with Crippen LogP contribution in [-0.4, -0.2) is 42.5 Å². The summed E-state index contributed by atoms with van der Waals surface area (Å²) in [6, 6.07) is 10.2. The highest BCUT2D eigenvalue weighted by atomic mass is 35.5. The molecule has 1 N–H and O–H groups in total. The third-order valence-electron chi connectivity index (χ3n) is 5.53. The summed E-state index contributed by atoms with van der Waals surface area (Å²) in [6.07, 6.45) is 2.27. The summed E-state index contributed by atoms with van der Waals surface area (Å²) in [5, 5.41) is 3.14. The molecule has 0 bridgehead atoms. The van der Waals surface area contributed by atoms with E-state index >= 15 is 0 Å². The number of nitrogens with one attached hydrogen (secondary N) is 1. The van der Waals surface area contributed by atoms with Gasteiger partial charge in [0.15, 0.2) is 0 Å². The van der Waals surface area contributed by atoms with E-state index in [0.717, 1.165) is 16.9 Å². The van der Waals surface area contributed by atoms with E-state index in [1.165, 1.54) is 18.2 Å². The number of nitrogens with zero attached hydrogens (tertiary/aromatic N) is 1. The number of hydrogen-bond donors (Lipinski definition) is 1. The van der Waals surface area contributed by atoms with E-state index < -0.39 is 11.7 Å². The van der Waals surface area contributed by atoms with Crippen LogP contribution in [0, 0.1) is 19.7 Å². The fourth-order valence-electron chi connectivity index (χ4n) is 3.82. The van der Waals surface area contributed by atoms with Crippen molar-refractivity contribution < 1.29 is 18.7 Å². The molecule has 166 valence electrons. The highest BCUT2D eigenvalue weighted by molar-refractivity contribution is 6.33. The molecule has 0 atom stereocenters. The molecule has 2 aromatic rings. The smallest absolute Gasteiger partial charge is 0.258 e. The summed E-state index contributed by atoms with van der Waals surface area (Å²) in [7, 11) is 0. The zero-order chi connectivity index (χ0) is 22.4. The van der Waals surface area contributed by atoms with Crippen LogP contribution in [0.1, 0.15) is 47.2 Å². The Bertz CT molecular complexity index is 902. The maximum absolute atomic E-state index is 14.0. The molecule has 1 aliphatic rings. The average molecular weight is 447 g/mol. The minimum Gasteiger partial charge on any atom is -0.493 e. The molecule has 0 spiro atoms. The number of carbonyl (C=O) groups excluding carboxylic acids is 2. The lowest BCUT2D eigenvalue weighted by Gasteiger charge is -2.32.